The van der Waals surface area contributed by atoms with Gasteiger partial charge in [-0.3, -0.25) is 4.98 Å². The SMILES string of the molecule is CCOC(=O)c1c(CNC)n(C)c2cc(-c3cccnc3)c(O)c(CNC)c12. The monoisotopic (exact) mass is 382 g/mol. The Morgan fingerprint density at radius 1 is 1.29 bits per heavy atom. The Hall–Kier alpha value is -2.90. The van der Waals surface area contributed by atoms with Crippen molar-refractivity contribution in [1.82, 2.24) is 20.2 Å². The fraction of sp³-hybridized carbons (Fsp3) is 0.333. The minimum absolute atomic E-state index is 0.141. The van der Waals surface area contributed by atoms with Crippen molar-refractivity contribution in [1.29, 1.82) is 0 Å². The Kier molecular flexibility index (Phi) is 5.96. The number of phenolic OH excluding ortho intramolecular Hbond substituents is 1. The van der Waals surface area contributed by atoms with Gasteiger partial charge in [0.1, 0.15) is 5.75 Å². The first-order chi connectivity index (χ1) is 13.5. The van der Waals surface area contributed by atoms with Crippen molar-refractivity contribution in [3.63, 3.8) is 0 Å². The molecule has 28 heavy (non-hydrogen) atoms. The van der Waals surface area contributed by atoms with Crippen molar-refractivity contribution in [2.45, 2.75) is 20.0 Å². The van der Waals surface area contributed by atoms with Crippen molar-refractivity contribution >= 4 is 16.9 Å². The number of fused-ring (bicyclic) bond motifs is 1. The van der Waals surface area contributed by atoms with Crippen LogP contribution in [0.1, 0.15) is 28.5 Å². The minimum atomic E-state index is -0.385. The van der Waals surface area contributed by atoms with Crippen LogP contribution in [0.2, 0.25) is 0 Å². The van der Waals surface area contributed by atoms with Gasteiger partial charge in [-0.2, -0.15) is 0 Å². The molecule has 0 atom stereocenters. The third-order valence-corrected chi connectivity index (χ3v) is 4.83. The molecular formula is C21H26N4O3. The maximum atomic E-state index is 12.8. The maximum absolute atomic E-state index is 12.8. The normalized spacial score (nSPS) is 11.1. The number of ether oxygens (including phenoxy) is 1. The first kappa shape index (κ1) is 19.9. The Bertz CT molecular complexity index is 996. The Morgan fingerprint density at radius 2 is 2.04 bits per heavy atom. The molecule has 0 unspecified atom stereocenters. The minimum Gasteiger partial charge on any atom is -0.507 e. The van der Waals surface area contributed by atoms with E-state index in [2.05, 4.69) is 15.6 Å². The van der Waals surface area contributed by atoms with Gasteiger partial charge in [0.25, 0.3) is 0 Å². The van der Waals surface area contributed by atoms with Crippen molar-refractivity contribution in [3.05, 3.63) is 47.4 Å². The number of nitrogens with zero attached hydrogens (tertiary/aromatic N) is 2. The fourth-order valence-electron chi connectivity index (χ4n) is 3.60. The number of hydrogen-bond donors (Lipinski definition) is 3. The molecule has 148 valence electrons. The van der Waals surface area contributed by atoms with E-state index in [1.165, 1.54) is 0 Å². The Labute approximate surface area is 164 Å². The van der Waals surface area contributed by atoms with E-state index in [9.17, 15) is 9.90 Å². The predicted molar refractivity (Wildman–Crippen MR) is 109 cm³/mol. The number of nitrogens with one attached hydrogen (secondary N) is 2. The van der Waals surface area contributed by atoms with Crippen LogP contribution in [0.15, 0.2) is 30.6 Å². The number of rotatable bonds is 7. The lowest BCUT2D eigenvalue weighted by atomic mass is 9.96. The van der Waals surface area contributed by atoms with E-state index in [4.69, 9.17) is 4.74 Å². The van der Waals surface area contributed by atoms with Crippen molar-refractivity contribution in [2.24, 2.45) is 7.05 Å². The number of aryl methyl sites for hydroxylation is 1. The van der Waals surface area contributed by atoms with Crippen LogP contribution in [0, 0.1) is 0 Å². The highest BCUT2D eigenvalue weighted by molar-refractivity contribution is 6.09. The van der Waals surface area contributed by atoms with E-state index >= 15 is 0 Å². The largest absolute Gasteiger partial charge is 0.507 e. The first-order valence-corrected chi connectivity index (χ1v) is 9.27. The van der Waals surface area contributed by atoms with Crippen LogP contribution in [-0.2, 0) is 24.9 Å². The molecule has 0 radical (unpaired) electrons. The predicted octanol–water partition coefficient (Wildman–Crippen LogP) is 2.56. The number of aromatic nitrogens is 2. The van der Waals surface area contributed by atoms with Gasteiger partial charge < -0.3 is 25.0 Å². The topological polar surface area (TPSA) is 88.4 Å². The van der Waals surface area contributed by atoms with E-state index in [1.54, 1.807) is 19.3 Å². The molecule has 3 rings (SSSR count). The van der Waals surface area contributed by atoms with E-state index in [0.717, 1.165) is 16.8 Å². The number of hydrogen-bond acceptors (Lipinski definition) is 6. The molecule has 0 aliphatic heterocycles. The van der Waals surface area contributed by atoms with Gasteiger partial charge in [0, 0.05) is 60.3 Å². The summed E-state index contributed by atoms with van der Waals surface area (Å²) in [4.78, 5) is 17.0. The smallest absolute Gasteiger partial charge is 0.340 e. The fourth-order valence-corrected chi connectivity index (χ4v) is 3.60. The molecule has 0 saturated heterocycles. The summed E-state index contributed by atoms with van der Waals surface area (Å²) in [6.45, 7) is 2.98. The highest BCUT2D eigenvalue weighted by Gasteiger charge is 2.27. The van der Waals surface area contributed by atoms with E-state index in [-0.39, 0.29) is 18.3 Å². The number of benzene rings is 1. The Morgan fingerprint density at radius 3 is 2.64 bits per heavy atom. The van der Waals surface area contributed by atoms with Gasteiger partial charge in [-0.05, 0) is 33.2 Å². The van der Waals surface area contributed by atoms with Crippen LogP contribution >= 0.6 is 0 Å². The molecular weight excluding hydrogens is 356 g/mol. The zero-order valence-corrected chi connectivity index (χ0v) is 16.7. The molecule has 3 aromatic rings. The molecule has 0 amide bonds. The third kappa shape index (κ3) is 3.34. The second-order valence-corrected chi connectivity index (χ2v) is 6.55. The van der Waals surface area contributed by atoms with Gasteiger partial charge in [0.05, 0.1) is 17.7 Å². The van der Waals surface area contributed by atoms with Gasteiger partial charge in [-0.25, -0.2) is 4.79 Å². The molecule has 2 aromatic heterocycles. The zero-order chi connectivity index (χ0) is 20.3. The number of phenols is 1. The molecule has 0 spiro atoms. The van der Waals surface area contributed by atoms with Crippen LogP contribution in [0.5, 0.6) is 5.75 Å². The summed E-state index contributed by atoms with van der Waals surface area (Å²) in [5, 5.41) is 18.0. The molecule has 1 aromatic carbocycles. The lowest BCUT2D eigenvalue weighted by molar-refractivity contribution is 0.0527. The number of pyridine rings is 1. The number of esters is 1. The van der Waals surface area contributed by atoms with Crippen molar-refractivity contribution < 1.29 is 14.6 Å². The van der Waals surface area contributed by atoms with E-state index in [0.29, 0.717) is 35.2 Å². The molecule has 0 saturated carbocycles. The summed E-state index contributed by atoms with van der Waals surface area (Å²) in [5.74, 6) is -0.244. The van der Waals surface area contributed by atoms with Gasteiger partial charge in [-0.1, -0.05) is 6.07 Å². The lowest BCUT2D eigenvalue weighted by Crippen LogP contribution is -2.15. The van der Waals surface area contributed by atoms with Crippen LogP contribution in [0.25, 0.3) is 22.0 Å². The second-order valence-electron chi connectivity index (χ2n) is 6.55. The average Bonchev–Trinajstić information content (AvgIpc) is 2.97. The quantitative estimate of drug-likeness (QED) is 0.544. The number of carbonyl (C=O) groups is 1. The third-order valence-electron chi connectivity index (χ3n) is 4.83. The van der Waals surface area contributed by atoms with Crippen LogP contribution in [-0.4, -0.2) is 41.3 Å². The van der Waals surface area contributed by atoms with Crippen molar-refractivity contribution in [2.75, 3.05) is 20.7 Å². The van der Waals surface area contributed by atoms with Crippen LogP contribution in [0.3, 0.4) is 0 Å². The molecule has 7 nitrogen and oxygen atoms in total. The Balaban J connectivity index is 2.41. The molecule has 3 N–H and O–H groups in total. The van der Waals surface area contributed by atoms with Gasteiger partial charge in [0.2, 0.25) is 0 Å². The van der Waals surface area contributed by atoms with Gasteiger partial charge in [-0.15, -0.1) is 0 Å². The van der Waals surface area contributed by atoms with Crippen molar-refractivity contribution in [3.8, 4) is 16.9 Å². The lowest BCUT2D eigenvalue weighted by Gasteiger charge is -2.13. The van der Waals surface area contributed by atoms with Crippen LogP contribution < -0.4 is 10.6 Å². The summed E-state index contributed by atoms with van der Waals surface area (Å²) in [6.07, 6.45) is 3.41. The number of carbonyl (C=O) groups excluding carboxylic acids is 1. The molecule has 0 aliphatic carbocycles. The molecule has 2 heterocycles. The maximum Gasteiger partial charge on any atom is 0.340 e. The molecule has 0 aliphatic rings. The van der Waals surface area contributed by atoms with E-state index in [1.807, 2.05) is 43.9 Å². The molecule has 7 heteroatoms. The number of aromatic hydroxyl groups is 1. The van der Waals surface area contributed by atoms with E-state index < -0.39 is 0 Å². The standard InChI is InChI=1S/C21H26N4O3/c1-5-28-21(27)19-17(12-23-3)25(4)16-9-14(13-7-6-8-24-10-13)20(26)15(11-22-2)18(16)19/h6-10,22-23,26H,5,11-12H2,1-4H3. The summed E-state index contributed by atoms with van der Waals surface area (Å²) < 4.78 is 7.31. The summed E-state index contributed by atoms with van der Waals surface area (Å²) >= 11 is 0. The summed E-state index contributed by atoms with van der Waals surface area (Å²) in [6, 6.07) is 5.64. The second kappa shape index (κ2) is 8.41. The van der Waals surface area contributed by atoms with Gasteiger partial charge >= 0.3 is 5.97 Å². The highest BCUT2D eigenvalue weighted by atomic mass is 16.5. The van der Waals surface area contributed by atoms with Gasteiger partial charge in [0.15, 0.2) is 0 Å². The molecule has 0 fully saturated rings. The average molecular weight is 382 g/mol. The molecule has 0 bridgehead atoms. The summed E-state index contributed by atoms with van der Waals surface area (Å²) in [5.41, 5.74) is 4.32. The first-order valence-electron chi connectivity index (χ1n) is 9.27. The van der Waals surface area contributed by atoms with Crippen LogP contribution in [0.4, 0.5) is 0 Å². The summed E-state index contributed by atoms with van der Waals surface area (Å²) in [7, 11) is 5.56. The highest BCUT2D eigenvalue weighted by Crippen LogP contribution is 2.41. The zero-order valence-electron chi connectivity index (χ0n) is 16.7.